The van der Waals surface area contributed by atoms with Crippen molar-refractivity contribution >= 4 is 17.3 Å². The number of ether oxygens (including phenoxy) is 3. The van der Waals surface area contributed by atoms with E-state index in [0.29, 0.717) is 42.1 Å². The third kappa shape index (κ3) is 4.38. The lowest BCUT2D eigenvalue weighted by molar-refractivity contribution is -0.158. The molecule has 0 radical (unpaired) electrons. The topological polar surface area (TPSA) is 78.9 Å². The molecular formula is C23H26O6. The van der Waals surface area contributed by atoms with Gasteiger partial charge in [0.25, 0.3) is 0 Å². The molecule has 0 spiro atoms. The van der Waals surface area contributed by atoms with Crippen molar-refractivity contribution in [2.45, 2.75) is 45.3 Å². The monoisotopic (exact) mass is 398 g/mol. The van der Waals surface area contributed by atoms with Gasteiger partial charge in [0.05, 0.1) is 32.3 Å². The molecule has 0 aromatic heterocycles. The van der Waals surface area contributed by atoms with Crippen molar-refractivity contribution in [3.8, 4) is 5.75 Å². The Bertz CT molecular complexity index is 902. The van der Waals surface area contributed by atoms with E-state index in [-0.39, 0.29) is 42.2 Å². The minimum Gasteiger partial charge on any atom is -0.496 e. The van der Waals surface area contributed by atoms with E-state index in [9.17, 15) is 14.4 Å². The number of ketones is 3. The Kier molecular flexibility index (Phi) is 6.15. The molecule has 1 aromatic carbocycles. The van der Waals surface area contributed by atoms with Gasteiger partial charge in [-0.15, -0.1) is 0 Å². The average Bonchev–Trinajstić information content (AvgIpc) is 3.10. The van der Waals surface area contributed by atoms with Crippen molar-refractivity contribution < 1.29 is 28.6 Å². The number of hydrogen-bond donors (Lipinski definition) is 0. The third-order valence-corrected chi connectivity index (χ3v) is 5.18. The Balaban J connectivity index is 1.88. The van der Waals surface area contributed by atoms with Gasteiger partial charge in [-0.25, -0.2) is 0 Å². The summed E-state index contributed by atoms with van der Waals surface area (Å²) in [4.78, 5) is 38.9. The summed E-state index contributed by atoms with van der Waals surface area (Å²) < 4.78 is 16.3. The summed E-state index contributed by atoms with van der Waals surface area (Å²) in [6.07, 6.45) is 0.716. The van der Waals surface area contributed by atoms with Gasteiger partial charge in [0.1, 0.15) is 11.5 Å². The van der Waals surface area contributed by atoms with Gasteiger partial charge in [-0.3, -0.25) is 14.4 Å². The number of methoxy groups -OCH3 is 1. The molecule has 1 aliphatic carbocycles. The lowest BCUT2D eigenvalue weighted by Crippen LogP contribution is -2.29. The number of fused-ring (bicyclic) bond motifs is 1. The van der Waals surface area contributed by atoms with E-state index in [0.717, 1.165) is 5.57 Å². The second-order valence-electron chi connectivity index (χ2n) is 7.68. The number of Topliss-reactive ketones (excluding diaryl/α,β-unsaturated/α-hetero) is 3. The van der Waals surface area contributed by atoms with Gasteiger partial charge in [0.15, 0.2) is 17.4 Å². The molecule has 1 saturated heterocycles. The summed E-state index contributed by atoms with van der Waals surface area (Å²) >= 11 is 0. The summed E-state index contributed by atoms with van der Waals surface area (Å²) in [5.41, 5.74) is 2.15. The summed E-state index contributed by atoms with van der Waals surface area (Å²) in [5.74, 6) is -1.10. The van der Waals surface area contributed by atoms with E-state index >= 15 is 0 Å². The molecule has 0 saturated carbocycles. The molecule has 0 atom stereocenters. The van der Waals surface area contributed by atoms with Crippen molar-refractivity contribution in [3.63, 3.8) is 0 Å². The highest BCUT2D eigenvalue weighted by Gasteiger charge is 2.36. The van der Waals surface area contributed by atoms with E-state index in [1.54, 1.807) is 25.1 Å². The molecule has 0 amide bonds. The van der Waals surface area contributed by atoms with Crippen molar-refractivity contribution in [1.29, 1.82) is 0 Å². The van der Waals surface area contributed by atoms with Crippen LogP contribution >= 0.6 is 0 Å². The minimum atomic E-state index is -0.909. The zero-order valence-electron chi connectivity index (χ0n) is 17.1. The van der Waals surface area contributed by atoms with Crippen molar-refractivity contribution in [3.05, 3.63) is 52.6 Å². The van der Waals surface area contributed by atoms with Gasteiger partial charge in [-0.05, 0) is 32.8 Å². The van der Waals surface area contributed by atoms with E-state index in [1.165, 1.54) is 7.11 Å². The largest absolute Gasteiger partial charge is 0.496 e. The van der Waals surface area contributed by atoms with Crippen LogP contribution < -0.4 is 4.74 Å². The predicted octanol–water partition coefficient (Wildman–Crippen LogP) is 3.84. The molecule has 2 aliphatic rings. The Morgan fingerprint density at radius 3 is 2.48 bits per heavy atom. The summed E-state index contributed by atoms with van der Waals surface area (Å²) in [7, 11) is 1.46. The summed E-state index contributed by atoms with van der Waals surface area (Å²) in [6.45, 7) is 8.35. The lowest BCUT2D eigenvalue weighted by Gasteiger charge is -2.24. The molecule has 0 N–H and O–H groups in total. The molecular weight excluding hydrogens is 372 g/mol. The van der Waals surface area contributed by atoms with Crippen LogP contribution in [0.1, 0.15) is 60.2 Å². The van der Waals surface area contributed by atoms with Crippen LogP contribution in [-0.4, -0.2) is 43.5 Å². The van der Waals surface area contributed by atoms with Crippen molar-refractivity contribution in [2.75, 3.05) is 20.3 Å². The highest BCUT2D eigenvalue weighted by Crippen LogP contribution is 2.36. The van der Waals surface area contributed by atoms with Gasteiger partial charge in [-0.2, -0.15) is 0 Å². The SMILES string of the molecule is C=C(C)CC1=C(CCC(=O)CC2(C)OCCO2)C(=O)c2c(OC)cccc2C1=O. The highest BCUT2D eigenvalue weighted by molar-refractivity contribution is 6.28. The number of carbonyl (C=O) groups is 3. The maximum atomic E-state index is 13.3. The molecule has 1 aromatic rings. The second-order valence-corrected chi connectivity index (χ2v) is 7.68. The van der Waals surface area contributed by atoms with E-state index in [2.05, 4.69) is 6.58 Å². The average molecular weight is 398 g/mol. The van der Waals surface area contributed by atoms with Crippen LogP contribution in [0.15, 0.2) is 41.5 Å². The molecule has 1 fully saturated rings. The molecule has 1 heterocycles. The van der Waals surface area contributed by atoms with Gasteiger partial charge in [-0.1, -0.05) is 24.3 Å². The molecule has 6 nitrogen and oxygen atoms in total. The maximum Gasteiger partial charge on any atom is 0.193 e. The van der Waals surface area contributed by atoms with Gasteiger partial charge in [0.2, 0.25) is 0 Å². The fourth-order valence-electron chi connectivity index (χ4n) is 3.84. The van der Waals surface area contributed by atoms with Crippen LogP contribution in [0.5, 0.6) is 5.75 Å². The van der Waals surface area contributed by atoms with Gasteiger partial charge >= 0.3 is 0 Å². The summed E-state index contributed by atoms with van der Waals surface area (Å²) in [6, 6.07) is 4.98. The lowest BCUT2D eigenvalue weighted by atomic mass is 9.79. The molecule has 29 heavy (non-hydrogen) atoms. The van der Waals surface area contributed by atoms with Crippen LogP contribution in [0.3, 0.4) is 0 Å². The summed E-state index contributed by atoms with van der Waals surface area (Å²) in [5, 5.41) is 0. The van der Waals surface area contributed by atoms with Crippen LogP contribution in [0.25, 0.3) is 0 Å². The normalized spacial score (nSPS) is 18.0. The van der Waals surface area contributed by atoms with Crippen molar-refractivity contribution in [1.82, 2.24) is 0 Å². The van der Waals surface area contributed by atoms with E-state index < -0.39 is 5.79 Å². The first kappa shape index (κ1) is 21.1. The first-order chi connectivity index (χ1) is 13.8. The standard InChI is InChI=1S/C23H26O6/c1-14(2)12-18-16(9-8-15(24)13-23(3)28-10-11-29-23)22(26)20-17(21(18)25)6-5-7-19(20)27-4/h5-7H,1,8-13H2,2-4H3. The number of allylic oxidation sites excluding steroid dienone is 3. The fraction of sp³-hybridized carbons (Fsp3) is 0.435. The molecule has 0 unspecified atom stereocenters. The molecule has 0 bridgehead atoms. The predicted molar refractivity (Wildman–Crippen MR) is 107 cm³/mol. The van der Waals surface area contributed by atoms with Crippen LogP contribution in [0.4, 0.5) is 0 Å². The van der Waals surface area contributed by atoms with Crippen LogP contribution in [0.2, 0.25) is 0 Å². The zero-order chi connectivity index (χ0) is 21.2. The quantitative estimate of drug-likeness (QED) is 0.619. The number of rotatable bonds is 8. The molecule has 154 valence electrons. The van der Waals surface area contributed by atoms with Crippen molar-refractivity contribution in [2.24, 2.45) is 0 Å². The first-order valence-electron chi connectivity index (χ1n) is 9.68. The van der Waals surface area contributed by atoms with E-state index in [4.69, 9.17) is 14.2 Å². The number of carbonyl (C=O) groups excluding carboxylic acids is 3. The molecule has 1 aliphatic heterocycles. The Labute approximate surface area is 170 Å². The van der Waals surface area contributed by atoms with Gasteiger partial charge in [0, 0.05) is 23.1 Å². The van der Waals surface area contributed by atoms with Crippen LogP contribution in [0, 0.1) is 0 Å². The Morgan fingerprint density at radius 2 is 1.86 bits per heavy atom. The molecule has 3 rings (SSSR count). The van der Waals surface area contributed by atoms with Gasteiger partial charge < -0.3 is 14.2 Å². The zero-order valence-corrected chi connectivity index (χ0v) is 17.1. The molecule has 6 heteroatoms. The van der Waals surface area contributed by atoms with Crippen LogP contribution in [-0.2, 0) is 14.3 Å². The smallest absolute Gasteiger partial charge is 0.193 e. The first-order valence-corrected chi connectivity index (χ1v) is 9.68. The highest BCUT2D eigenvalue weighted by atomic mass is 16.7. The Hall–Kier alpha value is -2.57. The fourth-order valence-corrected chi connectivity index (χ4v) is 3.84. The third-order valence-electron chi connectivity index (χ3n) is 5.18. The van der Waals surface area contributed by atoms with E-state index in [1.807, 2.05) is 6.92 Å². The maximum absolute atomic E-state index is 13.3. The Morgan fingerprint density at radius 1 is 1.17 bits per heavy atom. The minimum absolute atomic E-state index is 0.0809. The number of benzene rings is 1. The second kappa shape index (κ2) is 8.43. The number of hydrogen-bond acceptors (Lipinski definition) is 6.